The van der Waals surface area contributed by atoms with Crippen molar-refractivity contribution in [2.75, 3.05) is 25.0 Å². The maximum absolute atomic E-state index is 11.3. The predicted molar refractivity (Wildman–Crippen MR) is 60.9 cm³/mol. The number of likely N-dealkylation sites (N-methyl/N-ethyl adjacent to an activating group) is 2. The lowest BCUT2D eigenvalue weighted by Gasteiger charge is -2.15. The number of carboxylic acid groups (broad SMARTS) is 1. The van der Waals surface area contributed by atoms with Gasteiger partial charge in [0.2, 0.25) is 11.9 Å². The number of rotatable bonds is 5. The number of aromatic nitrogens is 2. The van der Waals surface area contributed by atoms with E-state index in [0.717, 1.165) is 0 Å². The average Bonchev–Trinajstić information content (AvgIpc) is 2.29. The van der Waals surface area contributed by atoms with Crippen LogP contribution in [0.25, 0.3) is 0 Å². The summed E-state index contributed by atoms with van der Waals surface area (Å²) in [5.74, 6) is -0.912. The van der Waals surface area contributed by atoms with Crippen LogP contribution in [0.1, 0.15) is 17.3 Å². The standard InChI is InChI=1S/C10H14N4O3/c1-3-11-8(15)6-14(2)10-12-4-7(5-13-10)9(16)17/h4-5H,3,6H2,1-2H3,(H,11,15)(H,16,17). The minimum atomic E-state index is -1.08. The number of carbonyl (C=O) groups is 2. The molecule has 1 heterocycles. The Morgan fingerprint density at radius 3 is 2.47 bits per heavy atom. The summed E-state index contributed by atoms with van der Waals surface area (Å²) in [4.78, 5) is 31.2. The average molecular weight is 238 g/mol. The largest absolute Gasteiger partial charge is 0.478 e. The van der Waals surface area contributed by atoms with Gasteiger partial charge in [-0.1, -0.05) is 0 Å². The van der Waals surface area contributed by atoms with Crippen LogP contribution in [-0.2, 0) is 4.79 Å². The van der Waals surface area contributed by atoms with E-state index in [4.69, 9.17) is 5.11 Å². The Balaban J connectivity index is 2.66. The molecule has 7 heteroatoms. The van der Waals surface area contributed by atoms with Crippen LogP contribution < -0.4 is 10.2 Å². The summed E-state index contributed by atoms with van der Waals surface area (Å²) in [6.07, 6.45) is 2.41. The quantitative estimate of drug-likeness (QED) is 0.734. The fourth-order valence-electron chi connectivity index (χ4n) is 1.17. The predicted octanol–water partition coefficient (Wildman–Crippen LogP) is -0.253. The molecule has 0 saturated carbocycles. The van der Waals surface area contributed by atoms with Crippen molar-refractivity contribution in [3.05, 3.63) is 18.0 Å². The lowest BCUT2D eigenvalue weighted by atomic mass is 10.3. The van der Waals surface area contributed by atoms with Crippen LogP contribution >= 0.6 is 0 Å². The molecule has 2 N–H and O–H groups in total. The van der Waals surface area contributed by atoms with E-state index in [1.165, 1.54) is 17.3 Å². The summed E-state index contributed by atoms with van der Waals surface area (Å²) in [7, 11) is 1.66. The Kier molecular flexibility index (Phi) is 4.38. The number of anilines is 1. The van der Waals surface area contributed by atoms with Gasteiger partial charge in [0.05, 0.1) is 12.1 Å². The first-order valence-corrected chi connectivity index (χ1v) is 5.07. The summed E-state index contributed by atoms with van der Waals surface area (Å²) < 4.78 is 0. The van der Waals surface area contributed by atoms with Crippen LogP contribution in [0.2, 0.25) is 0 Å². The van der Waals surface area contributed by atoms with E-state index in [0.29, 0.717) is 12.5 Å². The molecular weight excluding hydrogens is 224 g/mol. The molecule has 0 spiro atoms. The highest BCUT2D eigenvalue weighted by atomic mass is 16.4. The monoisotopic (exact) mass is 238 g/mol. The molecule has 0 radical (unpaired) electrons. The van der Waals surface area contributed by atoms with Crippen LogP contribution in [0.4, 0.5) is 5.95 Å². The van der Waals surface area contributed by atoms with Gasteiger partial charge in [-0.2, -0.15) is 0 Å². The van der Waals surface area contributed by atoms with Gasteiger partial charge in [-0.25, -0.2) is 14.8 Å². The minimum Gasteiger partial charge on any atom is -0.478 e. The molecular formula is C10H14N4O3. The van der Waals surface area contributed by atoms with Gasteiger partial charge in [0, 0.05) is 26.0 Å². The highest BCUT2D eigenvalue weighted by Crippen LogP contribution is 2.04. The van der Waals surface area contributed by atoms with Gasteiger partial charge < -0.3 is 15.3 Å². The fraction of sp³-hybridized carbons (Fsp3) is 0.400. The van der Waals surface area contributed by atoms with Crippen molar-refractivity contribution < 1.29 is 14.7 Å². The number of aromatic carboxylic acids is 1. The Morgan fingerprint density at radius 1 is 1.41 bits per heavy atom. The van der Waals surface area contributed by atoms with E-state index in [-0.39, 0.29) is 18.0 Å². The summed E-state index contributed by atoms with van der Waals surface area (Å²) in [5, 5.41) is 11.3. The summed E-state index contributed by atoms with van der Waals surface area (Å²) in [5.41, 5.74) is 0.0140. The molecule has 0 aliphatic heterocycles. The highest BCUT2D eigenvalue weighted by molar-refractivity contribution is 5.87. The smallest absolute Gasteiger partial charge is 0.338 e. The first kappa shape index (κ1) is 12.9. The van der Waals surface area contributed by atoms with Crippen LogP contribution in [0, 0.1) is 0 Å². The Bertz CT molecular complexity index is 405. The van der Waals surface area contributed by atoms with E-state index in [1.807, 2.05) is 6.92 Å². The molecule has 0 aliphatic rings. The topological polar surface area (TPSA) is 95.4 Å². The lowest BCUT2D eigenvalue weighted by Crippen LogP contribution is -2.35. The number of carbonyl (C=O) groups excluding carboxylic acids is 1. The van der Waals surface area contributed by atoms with Crippen molar-refractivity contribution in [3.63, 3.8) is 0 Å². The third-order valence-corrected chi connectivity index (χ3v) is 1.98. The molecule has 0 aromatic carbocycles. The number of hydrogen-bond acceptors (Lipinski definition) is 5. The molecule has 1 amide bonds. The first-order valence-electron chi connectivity index (χ1n) is 5.07. The van der Waals surface area contributed by atoms with E-state index >= 15 is 0 Å². The number of amides is 1. The number of nitrogens with one attached hydrogen (secondary N) is 1. The maximum Gasteiger partial charge on any atom is 0.338 e. The van der Waals surface area contributed by atoms with Crippen molar-refractivity contribution >= 4 is 17.8 Å². The van der Waals surface area contributed by atoms with Crippen LogP contribution in [0.3, 0.4) is 0 Å². The second kappa shape index (κ2) is 5.78. The van der Waals surface area contributed by atoms with Crippen molar-refractivity contribution in [1.82, 2.24) is 15.3 Å². The Hall–Kier alpha value is -2.18. The van der Waals surface area contributed by atoms with Crippen LogP contribution in [0.5, 0.6) is 0 Å². The van der Waals surface area contributed by atoms with Gasteiger partial charge in [0.25, 0.3) is 0 Å². The minimum absolute atomic E-state index is 0.0140. The van der Waals surface area contributed by atoms with Gasteiger partial charge in [0.1, 0.15) is 0 Å². The second-order valence-electron chi connectivity index (χ2n) is 3.39. The highest BCUT2D eigenvalue weighted by Gasteiger charge is 2.10. The van der Waals surface area contributed by atoms with Crippen LogP contribution in [0.15, 0.2) is 12.4 Å². The van der Waals surface area contributed by atoms with Crippen molar-refractivity contribution in [2.45, 2.75) is 6.92 Å². The zero-order chi connectivity index (χ0) is 12.8. The zero-order valence-corrected chi connectivity index (χ0v) is 9.67. The van der Waals surface area contributed by atoms with Gasteiger partial charge in [-0.15, -0.1) is 0 Å². The Morgan fingerprint density at radius 2 is 2.00 bits per heavy atom. The van der Waals surface area contributed by atoms with Crippen molar-refractivity contribution in [1.29, 1.82) is 0 Å². The molecule has 1 aromatic rings. The molecule has 7 nitrogen and oxygen atoms in total. The molecule has 0 bridgehead atoms. The van der Waals surface area contributed by atoms with Crippen molar-refractivity contribution in [2.24, 2.45) is 0 Å². The molecule has 1 rings (SSSR count). The van der Waals surface area contributed by atoms with E-state index in [9.17, 15) is 9.59 Å². The molecule has 0 saturated heterocycles. The summed E-state index contributed by atoms with van der Waals surface area (Å²) in [6.45, 7) is 2.52. The summed E-state index contributed by atoms with van der Waals surface area (Å²) in [6, 6.07) is 0. The molecule has 17 heavy (non-hydrogen) atoms. The van der Waals surface area contributed by atoms with Crippen molar-refractivity contribution in [3.8, 4) is 0 Å². The zero-order valence-electron chi connectivity index (χ0n) is 9.67. The SMILES string of the molecule is CCNC(=O)CN(C)c1ncc(C(=O)O)cn1. The number of nitrogens with zero attached hydrogens (tertiary/aromatic N) is 3. The third-order valence-electron chi connectivity index (χ3n) is 1.98. The molecule has 0 unspecified atom stereocenters. The fourth-order valence-corrected chi connectivity index (χ4v) is 1.17. The van der Waals surface area contributed by atoms with Gasteiger partial charge in [0.15, 0.2) is 0 Å². The molecule has 0 atom stereocenters. The second-order valence-corrected chi connectivity index (χ2v) is 3.39. The first-order chi connectivity index (χ1) is 8.04. The summed E-state index contributed by atoms with van der Waals surface area (Å²) >= 11 is 0. The van der Waals surface area contributed by atoms with Gasteiger partial charge >= 0.3 is 5.97 Å². The van der Waals surface area contributed by atoms with E-state index in [2.05, 4.69) is 15.3 Å². The van der Waals surface area contributed by atoms with Gasteiger partial charge in [-0.05, 0) is 6.92 Å². The third kappa shape index (κ3) is 3.71. The lowest BCUT2D eigenvalue weighted by molar-refractivity contribution is -0.119. The van der Waals surface area contributed by atoms with E-state index < -0.39 is 5.97 Å². The Labute approximate surface area is 98.5 Å². The van der Waals surface area contributed by atoms with Gasteiger partial charge in [-0.3, -0.25) is 4.79 Å². The molecule has 0 fully saturated rings. The molecule has 1 aromatic heterocycles. The van der Waals surface area contributed by atoms with E-state index in [1.54, 1.807) is 7.05 Å². The number of hydrogen-bond donors (Lipinski definition) is 2. The number of carboxylic acids is 1. The van der Waals surface area contributed by atoms with Crippen LogP contribution in [-0.4, -0.2) is 47.1 Å². The normalized spacial score (nSPS) is 9.76. The maximum atomic E-state index is 11.3. The molecule has 0 aliphatic carbocycles. The molecule has 92 valence electrons.